The third kappa shape index (κ3) is 3.29. The Morgan fingerprint density at radius 1 is 1.11 bits per heavy atom. The number of aliphatic hydroxyl groups excluding tert-OH is 2. The summed E-state index contributed by atoms with van der Waals surface area (Å²) in [6.07, 6.45) is 0.423. The lowest BCUT2D eigenvalue weighted by atomic mass is 9.59. The maximum absolute atomic E-state index is 13.6. The lowest BCUT2D eigenvalue weighted by Crippen LogP contribution is -2.58. The number of phenolic OH excluding ortho intramolecular Hbond substituents is 1. The summed E-state index contributed by atoms with van der Waals surface area (Å²) in [5.74, 6) is -6.46. The summed E-state index contributed by atoms with van der Waals surface area (Å²) < 4.78 is 5.46. The number of phenols is 1. The van der Waals surface area contributed by atoms with Crippen LogP contribution in [0.25, 0.3) is 16.9 Å². The Morgan fingerprint density at radius 3 is 2.49 bits per heavy atom. The first-order valence-electron chi connectivity index (χ1n) is 11.5. The van der Waals surface area contributed by atoms with E-state index in [1.54, 1.807) is 24.3 Å². The first kappa shape index (κ1) is 24.3. The molecule has 3 aliphatic rings. The van der Waals surface area contributed by atoms with Gasteiger partial charge in [0.15, 0.2) is 11.4 Å². The number of ether oxygens (including phenoxy) is 1. The molecule has 1 saturated carbocycles. The molecule has 10 heteroatoms. The number of aldehydes is 1. The largest absolute Gasteiger partial charge is 0.508 e. The number of carbonyl (C=O) groups is 4. The molecule has 0 aromatic heterocycles. The standard InChI is InChI=1S/C27H23NO9/c1-37-19-5-2-11(10-29)6-15(19)14-3-4-17(30)21-16(14)8-12-7-13-9-18(31)22(26(28)35)25(34)27(13,36)24(33)20(12)23(21)32/h2-6,10,12-13,30,32,34,36H,7-9H2,1H3,(H2,28,35)/t12-,13+,27+/m1/s1. The van der Waals surface area contributed by atoms with Gasteiger partial charge in [0.2, 0.25) is 5.78 Å². The van der Waals surface area contributed by atoms with Gasteiger partial charge >= 0.3 is 0 Å². The lowest BCUT2D eigenvalue weighted by molar-refractivity contribution is -0.147. The molecule has 0 unspecified atom stereocenters. The van der Waals surface area contributed by atoms with Crippen LogP contribution in [0.3, 0.4) is 0 Å². The zero-order chi connectivity index (χ0) is 26.8. The molecule has 0 saturated heterocycles. The highest BCUT2D eigenvalue weighted by atomic mass is 16.5. The summed E-state index contributed by atoms with van der Waals surface area (Å²) in [7, 11) is 1.46. The number of Topliss-reactive ketones (excluding diaryl/α,β-unsaturated/α-hetero) is 2. The smallest absolute Gasteiger partial charge is 0.255 e. The zero-order valence-corrected chi connectivity index (χ0v) is 19.6. The highest BCUT2D eigenvalue weighted by Gasteiger charge is 2.60. The lowest BCUT2D eigenvalue weighted by Gasteiger charge is -2.46. The fourth-order valence-electron chi connectivity index (χ4n) is 5.88. The monoisotopic (exact) mass is 505 g/mol. The molecule has 0 spiro atoms. The number of carbonyl (C=O) groups excluding carboxylic acids is 4. The third-order valence-electron chi connectivity index (χ3n) is 7.60. The molecule has 6 N–H and O–H groups in total. The summed E-state index contributed by atoms with van der Waals surface area (Å²) >= 11 is 0. The molecule has 0 aliphatic heterocycles. The van der Waals surface area contributed by atoms with Crippen molar-refractivity contribution in [3.8, 4) is 22.6 Å². The van der Waals surface area contributed by atoms with Gasteiger partial charge in [0.1, 0.15) is 34.9 Å². The van der Waals surface area contributed by atoms with E-state index < -0.39 is 58.4 Å². The molecule has 2 aromatic rings. The van der Waals surface area contributed by atoms with Gasteiger partial charge in [-0.2, -0.15) is 0 Å². The summed E-state index contributed by atoms with van der Waals surface area (Å²) in [6.45, 7) is 0. The van der Waals surface area contributed by atoms with Crippen molar-refractivity contribution in [1.29, 1.82) is 0 Å². The molecule has 2 aromatic carbocycles. The van der Waals surface area contributed by atoms with Gasteiger partial charge < -0.3 is 30.9 Å². The van der Waals surface area contributed by atoms with E-state index in [0.29, 0.717) is 34.3 Å². The van der Waals surface area contributed by atoms with E-state index in [1.807, 2.05) is 0 Å². The minimum atomic E-state index is -2.62. The summed E-state index contributed by atoms with van der Waals surface area (Å²) in [5, 5.41) is 43.9. The number of amides is 1. The maximum atomic E-state index is 13.6. The van der Waals surface area contributed by atoms with Crippen LogP contribution in [0.5, 0.6) is 11.5 Å². The van der Waals surface area contributed by atoms with E-state index in [4.69, 9.17) is 10.5 Å². The second-order valence-electron chi connectivity index (χ2n) is 9.47. The minimum Gasteiger partial charge on any atom is -0.508 e. The predicted octanol–water partition coefficient (Wildman–Crippen LogP) is 1.91. The van der Waals surface area contributed by atoms with Crippen LogP contribution in [0.1, 0.15) is 34.3 Å². The van der Waals surface area contributed by atoms with Gasteiger partial charge in [-0.15, -0.1) is 0 Å². The predicted molar refractivity (Wildman–Crippen MR) is 129 cm³/mol. The fraction of sp³-hybridized carbons (Fsp3) is 0.259. The van der Waals surface area contributed by atoms with Crippen molar-refractivity contribution in [2.24, 2.45) is 17.6 Å². The molecule has 0 heterocycles. The molecule has 37 heavy (non-hydrogen) atoms. The van der Waals surface area contributed by atoms with E-state index in [1.165, 1.54) is 13.2 Å². The molecule has 1 amide bonds. The number of hydrogen-bond donors (Lipinski definition) is 5. The van der Waals surface area contributed by atoms with Crippen LogP contribution < -0.4 is 10.5 Å². The summed E-state index contributed by atoms with van der Waals surface area (Å²) in [4.78, 5) is 49.3. The average Bonchev–Trinajstić information content (AvgIpc) is 2.85. The number of hydrogen-bond acceptors (Lipinski definition) is 9. The highest BCUT2D eigenvalue weighted by Crippen LogP contribution is 2.53. The number of methoxy groups -OCH3 is 1. The zero-order valence-electron chi connectivity index (χ0n) is 19.6. The molecule has 0 radical (unpaired) electrons. The van der Waals surface area contributed by atoms with E-state index in [-0.39, 0.29) is 29.7 Å². The Hall–Kier alpha value is -4.44. The van der Waals surface area contributed by atoms with Crippen LogP contribution in [-0.4, -0.2) is 56.9 Å². The Labute approximate surface area is 210 Å². The molecule has 5 rings (SSSR count). The molecular formula is C27H23NO9. The fourth-order valence-corrected chi connectivity index (χ4v) is 5.88. The number of fused-ring (bicyclic) bond motifs is 3. The van der Waals surface area contributed by atoms with Crippen molar-refractivity contribution >= 4 is 29.5 Å². The Balaban J connectivity index is 1.73. The van der Waals surface area contributed by atoms with Crippen LogP contribution in [0, 0.1) is 11.8 Å². The molecule has 0 bridgehead atoms. The Kier molecular flexibility index (Phi) is 5.45. The van der Waals surface area contributed by atoms with E-state index in [0.717, 1.165) is 0 Å². The van der Waals surface area contributed by atoms with E-state index in [9.17, 15) is 39.6 Å². The van der Waals surface area contributed by atoms with Crippen LogP contribution in [0.15, 0.2) is 47.2 Å². The normalized spacial score (nSPS) is 24.8. The number of nitrogens with two attached hydrogens (primary N) is 1. The summed E-state index contributed by atoms with van der Waals surface area (Å²) in [5.41, 5.74) is 3.41. The second-order valence-corrected chi connectivity index (χ2v) is 9.47. The van der Waals surface area contributed by atoms with Gasteiger partial charge in [-0.1, -0.05) is 6.07 Å². The topological polar surface area (TPSA) is 184 Å². The quantitative estimate of drug-likeness (QED) is 0.306. The molecule has 3 aliphatic carbocycles. The number of aromatic hydroxyl groups is 1. The number of rotatable bonds is 4. The molecule has 190 valence electrons. The number of aliphatic hydroxyl groups is 3. The van der Waals surface area contributed by atoms with Gasteiger partial charge in [-0.25, -0.2) is 0 Å². The average molecular weight is 505 g/mol. The first-order valence-corrected chi connectivity index (χ1v) is 11.5. The van der Waals surface area contributed by atoms with Gasteiger partial charge in [0.25, 0.3) is 5.91 Å². The summed E-state index contributed by atoms with van der Waals surface area (Å²) in [6, 6.07) is 7.74. The molecule has 3 atom stereocenters. The number of primary amides is 1. The van der Waals surface area contributed by atoms with Crippen LogP contribution in [-0.2, 0) is 20.8 Å². The van der Waals surface area contributed by atoms with Crippen molar-refractivity contribution < 1.29 is 44.3 Å². The number of benzene rings is 2. The van der Waals surface area contributed by atoms with Crippen LogP contribution in [0.2, 0.25) is 0 Å². The van der Waals surface area contributed by atoms with Gasteiger partial charge in [0.05, 0.1) is 12.7 Å². The van der Waals surface area contributed by atoms with Crippen molar-refractivity contribution in [2.75, 3.05) is 7.11 Å². The van der Waals surface area contributed by atoms with Crippen LogP contribution in [0.4, 0.5) is 0 Å². The van der Waals surface area contributed by atoms with Crippen molar-refractivity contribution in [2.45, 2.75) is 24.9 Å². The van der Waals surface area contributed by atoms with E-state index >= 15 is 0 Å². The van der Waals surface area contributed by atoms with Crippen molar-refractivity contribution in [3.05, 3.63) is 63.9 Å². The number of ketones is 2. The van der Waals surface area contributed by atoms with Gasteiger partial charge in [-0.3, -0.25) is 19.2 Å². The third-order valence-corrected chi connectivity index (χ3v) is 7.60. The first-order chi connectivity index (χ1) is 17.5. The SMILES string of the molecule is COc1ccc(C=O)cc1-c1ccc(O)c2c1C[C@H]1C[C@H]3CC(=O)C(C(N)=O)=C(O)[C@@]3(O)C(=O)C1=C2O. The Morgan fingerprint density at radius 2 is 1.84 bits per heavy atom. The van der Waals surface area contributed by atoms with Crippen molar-refractivity contribution in [3.63, 3.8) is 0 Å². The van der Waals surface area contributed by atoms with Crippen molar-refractivity contribution in [1.82, 2.24) is 0 Å². The molecular weight excluding hydrogens is 482 g/mol. The molecule has 1 fully saturated rings. The Bertz CT molecular complexity index is 1480. The highest BCUT2D eigenvalue weighted by molar-refractivity contribution is 6.22. The van der Waals surface area contributed by atoms with Gasteiger partial charge in [-0.05, 0) is 54.2 Å². The van der Waals surface area contributed by atoms with Crippen LogP contribution >= 0.6 is 0 Å². The van der Waals surface area contributed by atoms with E-state index in [2.05, 4.69) is 0 Å². The van der Waals surface area contributed by atoms with Gasteiger partial charge in [0, 0.05) is 29.0 Å². The molecule has 10 nitrogen and oxygen atoms in total. The maximum Gasteiger partial charge on any atom is 0.255 e. The second kappa shape index (κ2) is 8.31. The minimum absolute atomic E-state index is 0.0174.